The molecule has 7 nitrogen and oxygen atoms in total. The van der Waals surface area contributed by atoms with Crippen molar-refractivity contribution >= 4 is 21.8 Å². The maximum atomic E-state index is 12.9. The summed E-state index contributed by atoms with van der Waals surface area (Å²) in [5.74, 6) is -0.190. The van der Waals surface area contributed by atoms with E-state index in [0.29, 0.717) is 37.7 Å². The van der Waals surface area contributed by atoms with E-state index in [1.807, 2.05) is 6.92 Å². The molecule has 0 aliphatic carbocycles. The minimum Gasteiger partial charge on any atom is -0.353 e. The van der Waals surface area contributed by atoms with Gasteiger partial charge in [0.2, 0.25) is 15.9 Å². The number of carbonyl (C=O) groups is 2. The molecule has 1 aromatic rings. The predicted molar refractivity (Wildman–Crippen MR) is 92.5 cm³/mol. The monoisotopic (exact) mass is 365 g/mol. The summed E-state index contributed by atoms with van der Waals surface area (Å²) in [4.78, 5) is 25.6. The number of amides is 2. The molecule has 1 aromatic carbocycles. The number of nitrogens with one attached hydrogen (secondary N) is 1. The van der Waals surface area contributed by atoms with E-state index >= 15 is 0 Å². The van der Waals surface area contributed by atoms with Crippen molar-refractivity contribution in [2.24, 2.45) is 5.92 Å². The van der Waals surface area contributed by atoms with E-state index in [-0.39, 0.29) is 23.3 Å². The van der Waals surface area contributed by atoms with Crippen LogP contribution in [0.3, 0.4) is 0 Å². The molecule has 2 amide bonds. The van der Waals surface area contributed by atoms with Gasteiger partial charge in [0, 0.05) is 31.7 Å². The van der Waals surface area contributed by atoms with Crippen molar-refractivity contribution in [2.45, 2.75) is 24.7 Å². The Labute approximate surface area is 148 Å². The van der Waals surface area contributed by atoms with Crippen molar-refractivity contribution in [2.75, 3.05) is 32.7 Å². The Kier molecular flexibility index (Phi) is 5.10. The minimum absolute atomic E-state index is 0.000545. The fourth-order valence-electron chi connectivity index (χ4n) is 3.30. The van der Waals surface area contributed by atoms with Crippen molar-refractivity contribution in [3.63, 3.8) is 0 Å². The summed E-state index contributed by atoms with van der Waals surface area (Å²) in [5.41, 5.74) is 0.292. The summed E-state index contributed by atoms with van der Waals surface area (Å²) in [5, 5.41) is 2.67. The van der Waals surface area contributed by atoms with Crippen LogP contribution in [0, 0.1) is 5.92 Å². The highest BCUT2D eigenvalue weighted by Gasteiger charge is 2.30. The average molecular weight is 365 g/mol. The molecule has 3 rings (SSSR count). The minimum atomic E-state index is -3.61. The first-order valence-corrected chi connectivity index (χ1v) is 9.98. The van der Waals surface area contributed by atoms with Crippen molar-refractivity contribution in [3.05, 3.63) is 29.8 Å². The highest BCUT2D eigenvalue weighted by atomic mass is 32.2. The molecule has 2 aliphatic heterocycles. The second-order valence-electron chi connectivity index (χ2n) is 6.71. The van der Waals surface area contributed by atoms with E-state index in [9.17, 15) is 18.0 Å². The molecule has 0 bridgehead atoms. The predicted octanol–water partition coefficient (Wildman–Crippen LogP) is 0.679. The molecule has 8 heteroatoms. The molecular weight excluding hydrogens is 342 g/mol. The second-order valence-corrected chi connectivity index (χ2v) is 8.65. The Morgan fingerprint density at radius 2 is 2.08 bits per heavy atom. The van der Waals surface area contributed by atoms with Crippen LogP contribution in [0.4, 0.5) is 0 Å². The molecule has 1 atom stereocenters. The van der Waals surface area contributed by atoms with Crippen LogP contribution in [0.15, 0.2) is 29.2 Å². The Hall–Kier alpha value is -1.93. The molecule has 2 heterocycles. The first-order valence-electron chi connectivity index (χ1n) is 8.54. The lowest BCUT2D eigenvalue weighted by atomic mass is 10.0. The van der Waals surface area contributed by atoms with Gasteiger partial charge in [-0.05, 0) is 37.0 Å². The Morgan fingerprint density at radius 3 is 2.80 bits per heavy atom. The molecule has 2 aliphatic rings. The zero-order chi connectivity index (χ0) is 18.0. The summed E-state index contributed by atoms with van der Waals surface area (Å²) >= 11 is 0. The molecule has 2 fully saturated rings. The fraction of sp³-hybridized carbons (Fsp3) is 0.529. The van der Waals surface area contributed by atoms with Gasteiger partial charge in [-0.2, -0.15) is 4.31 Å². The Balaban J connectivity index is 1.83. The van der Waals surface area contributed by atoms with Gasteiger partial charge < -0.3 is 10.2 Å². The molecule has 0 aromatic heterocycles. The van der Waals surface area contributed by atoms with E-state index in [4.69, 9.17) is 0 Å². The van der Waals surface area contributed by atoms with Crippen molar-refractivity contribution in [1.82, 2.24) is 14.5 Å². The number of nitrogens with zero attached hydrogens (tertiary/aromatic N) is 2. The van der Waals surface area contributed by atoms with Crippen LogP contribution in [-0.2, 0) is 14.8 Å². The van der Waals surface area contributed by atoms with Crippen LogP contribution in [0.5, 0.6) is 0 Å². The first kappa shape index (κ1) is 17.9. The molecule has 0 radical (unpaired) electrons. The molecule has 0 spiro atoms. The van der Waals surface area contributed by atoms with Crippen molar-refractivity contribution in [3.8, 4) is 0 Å². The number of hydrogen-bond donors (Lipinski definition) is 1. The van der Waals surface area contributed by atoms with Gasteiger partial charge in [0.1, 0.15) is 0 Å². The van der Waals surface area contributed by atoms with Crippen LogP contribution >= 0.6 is 0 Å². The van der Waals surface area contributed by atoms with Gasteiger partial charge in [-0.15, -0.1) is 0 Å². The maximum Gasteiger partial charge on any atom is 0.254 e. The van der Waals surface area contributed by atoms with E-state index in [0.717, 1.165) is 12.8 Å². The number of carbonyl (C=O) groups excluding carboxylic acids is 2. The standard InChI is InChI=1S/C17H23N3O4S/c1-13-4-3-8-20(11-13)25(23,24)15-6-2-5-14(10-15)17(22)19-9-7-18-16(21)12-19/h2,5-6,10,13H,3-4,7-9,11-12H2,1H3,(H,18,21). The molecule has 25 heavy (non-hydrogen) atoms. The largest absolute Gasteiger partial charge is 0.353 e. The Morgan fingerprint density at radius 1 is 1.28 bits per heavy atom. The van der Waals surface area contributed by atoms with Gasteiger partial charge >= 0.3 is 0 Å². The number of piperazine rings is 1. The van der Waals surface area contributed by atoms with E-state index < -0.39 is 10.0 Å². The van der Waals surface area contributed by atoms with Gasteiger partial charge in [0.05, 0.1) is 11.4 Å². The van der Waals surface area contributed by atoms with Crippen LogP contribution in [0.2, 0.25) is 0 Å². The van der Waals surface area contributed by atoms with Gasteiger partial charge in [0.15, 0.2) is 0 Å². The second kappa shape index (κ2) is 7.13. The Bertz CT molecular complexity index is 778. The van der Waals surface area contributed by atoms with Crippen LogP contribution in [-0.4, -0.2) is 62.2 Å². The highest BCUT2D eigenvalue weighted by Crippen LogP contribution is 2.24. The lowest BCUT2D eigenvalue weighted by Gasteiger charge is -2.30. The molecular formula is C17H23N3O4S. The first-order chi connectivity index (χ1) is 11.9. The smallest absolute Gasteiger partial charge is 0.254 e. The number of rotatable bonds is 3. The highest BCUT2D eigenvalue weighted by molar-refractivity contribution is 7.89. The fourth-order valence-corrected chi connectivity index (χ4v) is 4.94. The summed E-state index contributed by atoms with van der Waals surface area (Å²) in [6, 6.07) is 6.11. The third-order valence-corrected chi connectivity index (χ3v) is 6.53. The van der Waals surface area contributed by atoms with Gasteiger partial charge in [-0.1, -0.05) is 13.0 Å². The SMILES string of the molecule is CC1CCCN(S(=O)(=O)c2cccc(C(=O)N3CCNC(=O)C3)c2)C1. The van der Waals surface area contributed by atoms with Crippen molar-refractivity contribution in [1.29, 1.82) is 0 Å². The third-order valence-electron chi connectivity index (χ3n) is 4.66. The molecule has 1 unspecified atom stereocenters. The van der Waals surface area contributed by atoms with Crippen LogP contribution in [0.1, 0.15) is 30.1 Å². The normalized spacial score (nSPS) is 22.5. The zero-order valence-corrected chi connectivity index (χ0v) is 15.1. The zero-order valence-electron chi connectivity index (χ0n) is 14.3. The summed E-state index contributed by atoms with van der Waals surface area (Å²) < 4.78 is 27.2. The number of piperidine rings is 1. The topological polar surface area (TPSA) is 86.8 Å². The lowest BCUT2D eigenvalue weighted by molar-refractivity contribution is -0.123. The van der Waals surface area contributed by atoms with Gasteiger partial charge in [0.25, 0.3) is 5.91 Å². The molecule has 0 saturated carbocycles. The van der Waals surface area contributed by atoms with Gasteiger partial charge in [-0.25, -0.2) is 8.42 Å². The van der Waals surface area contributed by atoms with E-state index in [1.54, 1.807) is 12.1 Å². The molecule has 136 valence electrons. The van der Waals surface area contributed by atoms with E-state index in [2.05, 4.69) is 5.32 Å². The quantitative estimate of drug-likeness (QED) is 0.853. The van der Waals surface area contributed by atoms with Gasteiger partial charge in [-0.3, -0.25) is 9.59 Å². The maximum absolute atomic E-state index is 12.9. The average Bonchev–Trinajstić information content (AvgIpc) is 2.61. The molecule has 2 saturated heterocycles. The third kappa shape index (κ3) is 3.85. The van der Waals surface area contributed by atoms with E-state index in [1.165, 1.54) is 21.3 Å². The van der Waals surface area contributed by atoms with Crippen LogP contribution < -0.4 is 5.32 Å². The number of sulfonamides is 1. The number of benzene rings is 1. The summed E-state index contributed by atoms with van der Waals surface area (Å²) in [7, 11) is -3.61. The summed E-state index contributed by atoms with van der Waals surface area (Å²) in [6.45, 7) is 3.89. The number of hydrogen-bond acceptors (Lipinski definition) is 4. The molecule has 1 N–H and O–H groups in total. The van der Waals surface area contributed by atoms with Crippen molar-refractivity contribution < 1.29 is 18.0 Å². The van der Waals surface area contributed by atoms with Crippen LogP contribution in [0.25, 0.3) is 0 Å². The lowest BCUT2D eigenvalue weighted by Crippen LogP contribution is -2.50. The summed E-state index contributed by atoms with van der Waals surface area (Å²) in [6.07, 6.45) is 1.88.